The standard InChI is InChI=1S/C10H22O/c1-9(2)5-6-10(3,4)7-8-11/h9,11H,5-8H2,1-4H3. The SMILES string of the molecule is CC(C)CCC(C)(C)CCO. The summed E-state index contributed by atoms with van der Waals surface area (Å²) in [7, 11) is 0. The summed E-state index contributed by atoms with van der Waals surface area (Å²) in [5.41, 5.74) is 0.332. The summed E-state index contributed by atoms with van der Waals surface area (Å²) in [6.45, 7) is 9.27. The molecule has 0 aromatic heterocycles. The number of aliphatic hydroxyl groups excluding tert-OH is 1. The number of hydrogen-bond acceptors (Lipinski definition) is 1. The Bertz CT molecular complexity index is 95.0. The second kappa shape index (κ2) is 4.76. The lowest BCUT2D eigenvalue weighted by Gasteiger charge is -2.24. The van der Waals surface area contributed by atoms with E-state index < -0.39 is 0 Å². The molecule has 0 heterocycles. The normalized spacial score (nSPS) is 12.5. The van der Waals surface area contributed by atoms with E-state index in [9.17, 15) is 0 Å². The molecule has 0 fully saturated rings. The fourth-order valence-corrected chi connectivity index (χ4v) is 1.11. The second-order valence-corrected chi connectivity index (χ2v) is 4.57. The topological polar surface area (TPSA) is 20.2 Å². The molecule has 0 unspecified atom stereocenters. The van der Waals surface area contributed by atoms with Gasteiger partial charge in [-0.15, -0.1) is 0 Å². The maximum absolute atomic E-state index is 8.77. The van der Waals surface area contributed by atoms with Crippen molar-refractivity contribution in [2.24, 2.45) is 11.3 Å². The molecule has 0 rings (SSSR count). The molecule has 0 atom stereocenters. The van der Waals surface area contributed by atoms with Crippen LogP contribution in [-0.2, 0) is 0 Å². The molecular formula is C10H22O. The first-order valence-electron chi connectivity index (χ1n) is 4.59. The third-order valence-electron chi connectivity index (χ3n) is 2.19. The average molecular weight is 158 g/mol. The number of aliphatic hydroxyl groups is 1. The van der Waals surface area contributed by atoms with Gasteiger partial charge in [0.2, 0.25) is 0 Å². The van der Waals surface area contributed by atoms with Gasteiger partial charge in [-0.2, -0.15) is 0 Å². The molecule has 0 spiro atoms. The van der Waals surface area contributed by atoms with E-state index in [-0.39, 0.29) is 0 Å². The molecule has 0 saturated carbocycles. The van der Waals surface area contributed by atoms with E-state index in [2.05, 4.69) is 27.7 Å². The summed E-state index contributed by atoms with van der Waals surface area (Å²) in [5, 5.41) is 8.77. The molecule has 11 heavy (non-hydrogen) atoms. The first-order valence-corrected chi connectivity index (χ1v) is 4.59. The van der Waals surface area contributed by atoms with Gasteiger partial charge >= 0.3 is 0 Å². The minimum absolute atomic E-state index is 0.324. The van der Waals surface area contributed by atoms with Crippen LogP contribution in [0.4, 0.5) is 0 Å². The van der Waals surface area contributed by atoms with Crippen LogP contribution in [0.25, 0.3) is 0 Å². The fourth-order valence-electron chi connectivity index (χ4n) is 1.11. The van der Waals surface area contributed by atoms with Crippen molar-refractivity contribution in [2.75, 3.05) is 6.61 Å². The lowest BCUT2D eigenvalue weighted by molar-refractivity contribution is 0.194. The predicted octanol–water partition coefficient (Wildman–Crippen LogP) is 2.83. The van der Waals surface area contributed by atoms with E-state index in [4.69, 9.17) is 5.11 Å². The molecule has 0 saturated heterocycles. The number of rotatable bonds is 5. The highest BCUT2D eigenvalue weighted by Crippen LogP contribution is 2.27. The fraction of sp³-hybridized carbons (Fsp3) is 1.00. The average Bonchev–Trinajstić information content (AvgIpc) is 1.84. The Morgan fingerprint density at radius 2 is 1.73 bits per heavy atom. The van der Waals surface area contributed by atoms with Crippen molar-refractivity contribution in [3.05, 3.63) is 0 Å². The van der Waals surface area contributed by atoms with Crippen molar-refractivity contribution in [1.29, 1.82) is 0 Å². The third-order valence-corrected chi connectivity index (χ3v) is 2.19. The van der Waals surface area contributed by atoms with E-state index in [0.29, 0.717) is 12.0 Å². The highest BCUT2D eigenvalue weighted by atomic mass is 16.3. The largest absolute Gasteiger partial charge is 0.396 e. The van der Waals surface area contributed by atoms with Crippen LogP contribution in [0.1, 0.15) is 47.0 Å². The van der Waals surface area contributed by atoms with Crippen molar-refractivity contribution in [2.45, 2.75) is 47.0 Å². The molecule has 0 amide bonds. The first-order chi connectivity index (χ1) is 4.98. The van der Waals surface area contributed by atoms with Gasteiger partial charge in [0.25, 0.3) is 0 Å². The van der Waals surface area contributed by atoms with E-state index in [1.165, 1.54) is 12.8 Å². The van der Waals surface area contributed by atoms with E-state index >= 15 is 0 Å². The van der Waals surface area contributed by atoms with Gasteiger partial charge in [-0.05, 0) is 24.2 Å². The van der Waals surface area contributed by atoms with Gasteiger partial charge in [0.05, 0.1) is 0 Å². The minimum Gasteiger partial charge on any atom is -0.396 e. The maximum Gasteiger partial charge on any atom is 0.0436 e. The van der Waals surface area contributed by atoms with Crippen molar-refractivity contribution < 1.29 is 5.11 Å². The molecule has 1 heteroatoms. The first kappa shape index (κ1) is 11.0. The highest BCUT2D eigenvalue weighted by molar-refractivity contribution is 4.68. The van der Waals surface area contributed by atoms with Crippen LogP contribution < -0.4 is 0 Å². The van der Waals surface area contributed by atoms with Crippen LogP contribution in [0.15, 0.2) is 0 Å². The number of hydrogen-bond donors (Lipinski definition) is 1. The van der Waals surface area contributed by atoms with Gasteiger partial charge in [0.1, 0.15) is 0 Å². The van der Waals surface area contributed by atoms with E-state index in [0.717, 1.165) is 12.3 Å². The van der Waals surface area contributed by atoms with Gasteiger partial charge in [-0.1, -0.05) is 34.1 Å². The van der Waals surface area contributed by atoms with Crippen molar-refractivity contribution in [3.8, 4) is 0 Å². The Hall–Kier alpha value is -0.0400. The molecular weight excluding hydrogens is 136 g/mol. The Balaban J connectivity index is 3.54. The van der Waals surface area contributed by atoms with E-state index in [1.807, 2.05) is 0 Å². The molecule has 0 aromatic carbocycles. The summed E-state index contributed by atoms with van der Waals surface area (Å²) in [4.78, 5) is 0. The van der Waals surface area contributed by atoms with Crippen molar-refractivity contribution in [3.63, 3.8) is 0 Å². The molecule has 0 aliphatic carbocycles. The molecule has 0 bridgehead atoms. The van der Waals surface area contributed by atoms with Gasteiger partial charge in [-0.25, -0.2) is 0 Å². The molecule has 1 nitrogen and oxygen atoms in total. The zero-order valence-electron chi connectivity index (χ0n) is 8.35. The van der Waals surface area contributed by atoms with Gasteiger partial charge in [-0.3, -0.25) is 0 Å². The summed E-state index contributed by atoms with van der Waals surface area (Å²) in [6, 6.07) is 0. The Morgan fingerprint density at radius 1 is 1.18 bits per heavy atom. The van der Waals surface area contributed by atoms with Crippen LogP contribution in [0.5, 0.6) is 0 Å². The maximum atomic E-state index is 8.77. The minimum atomic E-state index is 0.324. The quantitative estimate of drug-likeness (QED) is 0.652. The lowest BCUT2D eigenvalue weighted by Crippen LogP contribution is -2.14. The van der Waals surface area contributed by atoms with Gasteiger partial charge in [0, 0.05) is 6.61 Å². The Morgan fingerprint density at radius 3 is 2.09 bits per heavy atom. The monoisotopic (exact) mass is 158 g/mol. The Labute approximate surface area is 70.8 Å². The van der Waals surface area contributed by atoms with Crippen LogP contribution in [0.3, 0.4) is 0 Å². The zero-order valence-corrected chi connectivity index (χ0v) is 8.35. The smallest absolute Gasteiger partial charge is 0.0436 e. The summed E-state index contributed by atoms with van der Waals surface area (Å²) in [6.07, 6.45) is 3.43. The molecule has 1 N–H and O–H groups in total. The third kappa shape index (κ3) is 6.36. The Kier molecular flexibility index (Phi) is 4.74. The highest BCUT2D eigenvalue weighted by Gasteiger charge is 2.16. The van der Waals surface area contributed by atoms with Crippen LogP contribution >= 0.6 is 0 Å². The summed E-state index contributed by atoms with van der Waals surface area (Å²) < 4.78 is 0. The summed E-state index contributed by atoms with van der Waals surface area (Å²) >= 11 is 0. The summed E-state index contributed by atoms with van der Waals surface area (Å²) in [5.74, 6) is 0.785. The second-order valence-electron chi connectivity index (χ2n) is 4.57. The molecule has 0 aliphatic heterocycles. The van der Waals surface area contributed by atoms with Gasteiger partial charge in [0.15, 0.2) is 0 Å². The molecule has 0 aromatic rings. The molecule has 0 radical (unpaired) electrons. The van der Waals surface area contributed by atoms with E-state index in [1.54, 1.807) is 0 Å². The lowest BCUT2D eigenvalue weighted by atomic mass is 9.83. The molecule has 0 aliphatic rings. The molecule has 68 valence electrons. The van der Waals surface area contributed by atoms with Crippen LogP contribution in [0.2, 0.25) is 0 Å². The predicted molar refractivity (Wildman–Crippen MR) is 49.6 cm³/mol. The van der Waals surface area contributed by atoms with Crippen molar-refractivity contribution in [1.82, 2.24) is 0 Å². The van der Waals surface area contributed by atoms with Crippen LogP contribution in [-0.4, -0.2) is 11.7 Å². The van der Waals surface area contributed by atoms with Crippen LogP contribution in [0, 0.1) is 11.3 Å². The van der Waals surface area contributed by atoms with Gasteiger partial charge < -0.3 is 5.11 Å². The zero-order chi connectivity index (χ0) is 8.91. The van der Waals surface area contributed by atoms with Crippen molar-refractivity contribution >= 4 is 0 Å².